The second kappa shape index (κ2) is 14.8. The third-order valence-corrected chi connectivity index (χ3v) is 14.0. The van der Waals surface area contributed by atoms with E-state index in [9.17, 15) is 0 Å². The van der Waals surface area contributed by atoms with Crippen molar-refractivity contribution < 1.29 is 22.0 Å². The monoisotopic (exact) mass is 918 g/mol. The first-order chi connectivity index (χ1) is 34.2. The molecule has 4 heterocycles. The van der Waals surface area contributed by atoms with Crippen LogP contribution in [0, 0.1) is 11.6 Å². The minimum absolute atomic E-state index is 0.231. The number of aromatic nitrogens is 4. The van der Waals surface area contributed by atoms with E-state index in [1.807, 2.05) is 126 Å². The van der Waals surface area contributed by atoms with Crippen LogP contribution >= 0.6 is 0 Å². The van der Waals surface area contributed by atoms with E-state index in [1.165, 1.54) is 12.1 Å². The lowest BCUT2D eigenvalue weighted by molar-refractivity contribution is -0.137. The Morgan fingerprint density at radius 2 is 0.700 bits per heavy atom. The Labute approximate surface area is 395 Å². The van der Waals surface area contributed by atoms with Crippen molar-refractivity contribution in [3.8, 4) is 33.9 Å². The summed E-state index contributed by atoms with van der Waals surface area (Å²) in [6.07, 6.45) is -4.96. The van der Waals surface area contributed by atoms with Gasteiger partial charge in [-0.05, 0) is 96.1 Å². The number of halogens is 5. The minimum Gasteiger partial charge on any atom is -0.309 e. The number of nitrogens with zero attached hydrogens (tertiary/aromatic N) is 4. The van der Waals surface area contributed by atoms with Crippen molar-refractivity contribution in [2.45, 2.75) is 6.18 Å². The van der Waals surface area contributed by atoms with Gasteiger partial charge in [-0.3, -0.25) is 0 Å². The smallest absolute Gasteiger partial charge is 0.309 e. The number of para-hydroxylation sites is 6. The van der Waals surface area contributed by atoms with Gasteiger partial charge in [-0.1, -0.05) is 121 Å². The Balaban J connectivity index is 1.23. The average molecular weight is 919 g/mol. The van der Waals surface area contributed by atoms with Gasteiger partial charge in [-0.2, -0.15) is 13.2 Å². The van der Waals surface area contributed by atoms with Crippen molar-refractivity contribution >= 4 is 87.2 Å². The van der Waals surface area contributed by atoms with E-state index in [4.69, 9.17) is 0 Å². The number of rotatable bonds is 5. The van der Waals surface area contributed by atoms with Gasteiger partial charge in [0.2, 0.25) is 0 Å². The maximum atomic E-state index is 16.2. The molecule has 0 aliphatic rings. The molecule has 0 radical (unpaired) electrons. The lowest BCUT2D eigenvalue weighted by Gasteiger charge is -2.22. The molecule has 0 amide bonds. The topological polar surface area (TPSA) is 19.7 Å². The Morgan fingerprint density at radius 1 is 0.314 bits per heavy atom. The summed E-state index contributed by atoms with van der Waals surface area (Å²) in [5.74, 6) is -1.97. The van der Waals surface area contributed by atoms with Gasteiger partial charge in [0, 0.05) is 60.5 Å². The molecule has 0 bridgehead atoms. The summed E-state index contributed by atoms with van der Waals surface area (Å²) in [5.41, 5.74) is 7.46. The molecule has 0 N–H and O–H groups in total. The molecule has 0 spiro atoms. The van der Waals surface area contributed by atoms with Crippen molar-refractivity contribution in [1.29, 1.82) is 0 Å². The molecule has 0 atom stereocenters. The van der Waals surface area contributed by atoms with E-state index < -0.39 is 23.4 Å². The van der Waals surface area contributed by atoms with Crippen LogP contribution < -0.4 is 0 Å². The van der Waals surface area contributed by atoms with E-state index in [1.54, 1.807) is 0 Å². The summed E-state index contributed by atoms with van der Waals surface area (Å²) >= 11 is 0. The quantitative estimate of drug-likeness (QED) is 0.153. The van der Waals surface area contributed by atoms with Crippen LogP contribution in [0.3, 0.4) is 0 Å². The Kier molecular flexibility index (Phi) is 8.47. The van der Waals surface area contributed by atoms with Gasteiger partial charge in [0.25, 0.3) is 0 Å². The van der Waals surface area contributed by atoms with E-state index in [0.717, 1.165) is 105 Å². The van der Waals surface area contributed by atoms with E-state index >= 15 is 22.0 Å². The van der Waals surface area contributed by atoms with Gasteiger partial charge in [0.15, 0.2) is 0 Å². The van der Waals surface area contributed by atoms with Crippen LogP contribution in [0.5, 0.6) is 0 Å². The first kappa shape index (κ1) is 40.1. The molecule has 14 rings (SSSR count). The molecule has 14 aromatic rings. The highest BCUT2D eigenvalue weighted by Gasteiger charge is 2.37. The third kappa shape index (κ3) is 5.69. The number of benzene rings is 10. The van der Waals surface area contributed by atoms with Gasteiger partial charge in [0.05, 0.1) is 61.1 Å². The van der Waals surface area contributed by atoms with Gasteiger partial charge < -0.3 is 18.3 Å². The fourth-order valence-electron chi connectivity index (χ4n) is 11.3. The van der Waals surface area contributed by atoms with E-state index in [2.05, 4.69) is 74.4 Å². The molecule has 4 aromatic heterocycles. The Hall–Kier alpha value is -8.95. The first-order valence-electron chi connectivity index (χ1n) is 23.0. The summed E-state index contributed by atoms with van der Waals surface area (Å²) in [4.78, 5) is 0. The minimum atomic E-state index is -4.96. The summed E-state index contributed by atoms with van der Waals surface area (Å²) < 4.78 is 87.5. The van der Waals surface area contributed by atoms with Gasteiger partial charge in [0.1, 0.15) is 11.6 Å². The second-order valence-corrected chi connectivity index (χ2v) is 17.8. The number of hydrogen-bond acceptors (Lipinski definition) is 0. The van der Waals surface area contributed by atoms with Crippen molar-refractivity contribution in [1.82, 2.24) is 18.3 Å². The molecule has 334 valence electrons. The predicted octanol–water partition coefficient (Wildman–Crippen LogP) is 17.0. The van der Waals surface area contributed by atoms with Crippen molar-refractivity contribution in [2.24, 2.45) is 0 Å². The zero-order valence-corrected chi connectivity index (χ0v) is 36.9. The van der Waals surface area contributed by atoms with Gasteiger partial charge in [-0.25, -0.2) is 8.78 Å². The highest BCUT2D eigenvalue weighted by Crippen LogP contribution is 2.49. The molecular formula is C61H35F5N4. The van der Waals surface area contributed by atoms with Crippen molar-refractivity contribution in [3.63, 3.8) is 0 Å². The van der Waals surface area contributed by atoms with Gasteiger partial charge in [-0.15, -0.1) is 0 Å². The summed E-state index contributed by atoms with van der Waals surface area (Å²) in [5, 5.41) is 7.10. The second-order valence-electron chi connectivity index (χ2n) is 17.8. The Bertz CT molecular complexity index is 4460. The van der Waals surface area contributed by atoms with Crippen LogP contribution in [-0.4, -0.2) is 18.3 Å². The normalized spacial score (nSPS) is 12.4. The van der Waals surface area contributed by atoms with Crippen molar-refractivity contribution in [2.75, 3.05) is 0 Å². The fourth-order valence-corrected chi connectivity index (χ4v) is 11.3. The summed E-state index contributed by atoms with van der Waals surface area (Å²) in [6, 6.07) is 65.7. The standard InChI is InChI=1S/C61H35F5N4/c62-37-31-36(32-38(63)33-37)47-34-55(69-49-23-11-7-19-41(49)43-27-29-53-57(59(43)69)45-21-9-13-25-51(45)67(53)39-15-3-1-4-16-39)56(35-48(47)61(64,65)66)70-50-24-12-8-20-42(50)44-28-30-54-58(60(44)70)46-22-10-14-26-52(46)68(54)40-17-5-2-6-18-40/h1-35H. The first-order valence-corrected chi connectivity index (χ1v) is 23.0. The van der Waals surface area contributed by atoms with E-state index in [-0.39, 0.29) is 16.8 Å². The van der Waals surface area contributed by atoms with Crippen molar-refractivity contribution in [3.05, 3.63) is 230 Å². The predicted molar refractivity (Wildman–Crippen MR) is 274 cm³/mol. The molecule has 0 saturated carbocycles. The zero-order valence-electron chi connectivity index (χ0n) is 36.9. The fraction of sp³-hybridized carbons (Fsp3) is 0.0164. The lowest BCUT2D eigenvalue weighted by atomic mass is 9.96. The molecule has 0 fully saturated rings. The molecule has 0 saturated heterocycles. The molecule has 9 heteroatoms. The highest BCUT2D eigenvalue weighted by molar-refractivity contribution is 6.28. The molecule has 0 aliphatic carbocycles. The third-order valence-electron chi connectivity index (χ3n) is 14.0. The molecule has 0 unspecified atom stereocenters. The van der Waals surface area contributed by atoms with Crippen LogP contribution in [0.1, 0.15) is 5.56 Å². The molecule has 0 aliphatic heterocycles. The average Bonchev–Trinajstić information content (AvgIpc) is 4.11. The molecule has 10 aromatic carbocycles. The maximum Gasteiger partial charge on any atom is 0.417 e. The molecule has 4 nitrogen and oxygen atoms in total. The zero-order chi connectivity index (χ0) is 47.0. The van der Waals surface area contributed by atoms with Crippen LogP contribution in [0.15, 0.2) is 212 Å². The molecular weight excluding hydrogens is 884 g/mol. The largest absolute Gasteiger partial charge is 0.417 e. The van der Waals surface area contributed by atoms with Crippen LogP contribution in [0.25, 0.3) is 121 Å². The van der Waals surface area contributed by atoms with Crippen LogP contribution in [0.4, 0.5) is 22.0 Å². The number of alkyl halides is 3. The van der Waals surface area contributed by atoms with Crippen LogP contribution in [-0.2, 0) is 6.18 Å². The Morgan fingerprint density at radius 3 is 1.14 bits per heavy atom. The lowest BCUT2D eigenvalue weighted by Crippen LogP contribution is -2.12. The van der Waals surface area contributed by atoms with Gasteiger partial charge >= 0.3 is 6.18 Å². The number of fused-ring (bicyclic) bond motifs is 14. The SMILES string of the molecule is Fc1cc(F)cc(-c2cc(-n3c4ccccc4c4ccc5c(c6ccccc6n5-c5ccccc5)c43)c(-n3c4ccccc4c4ccc5c(c6ccccc6n5-c5ccccc5)c43)cc2C(F)(F)F)c1. The summed E-state index contributed by atoms with van der Waals surface area (Å²) in [6.45, 7) is 0. The van der Waals surface area contributed by atoms with Crippen LogP contribution in [0.2, 0.25) is 0 Å². The molecule has 70 heavy (non-hydrogen) atoms. The van der Waals surface area contributed by atoms with E-state index in [0.29, 0.717) is 17.3 Å². The summed E-state index contributed by atoms with van der Waals surface area (Å²) in [7, 11) is 0. The maximum absolute atomic E-state index is 16.2. The highest BCUT2D eigenvalue weighted by atomic mass is 19.4. The number of hydrogen-bond donors (Lipinski definition) is 0.